The van der Waals surface area contributed by atoms with Crippen molar-refractivity contribution >= 4 is 22.1 Å². The summed E-state index contributed by atoms with van der Waals surface area (Å²) >= 11 is 0. The molecule has 0 saturated heterocycles. The molecule has 5 heteroatoms. The molecule has 0 bridgehead atoms. The van der Waals surface area contributed by atoms with Crippen molar-refractivity contribution in [3.63, 3.8) is 0 Å². The molecule has 0 spiro atoms. The highest BCUT2D eigenvalue weighted by atomic mass is 15.2. The third-order valence-corrected chi connectivity index (χ3v) is 6.66. The highest BCUT2D eigenvalue weighted by molar-refractivity contribution is 5.76. The summed E-state index contributed by atoms with van der Waals surface area (Å²) in [5.74, 6) is 2.13. The van der Waals surface area contributed by atoms with Gasteiger partial charge in [-0.1, -0.05) is 84.9 Å². The highest BCUT2D eigenvalue weighted by Crippen LogP contribution is 2.22. The van der Waals surface area contributed by atoms with Crippen molar-refractivity contribution in [1.29, 1.82) is 0 Å². The second kappa shape index (κ2) is 9.80. The standard InChI is InChI=1S/C31H29N5/c1-34(22-30-32-26-16-8-10-18-28(26)35(30)20-24-12-4-2-5-13-24)23-31-33-27-17-9-11-19-29(27)36(31)21-25-14-6-3-7-15-25/h2-19H,20-23H2,1H3. The average molecular weight is 472 g/mol. The summed E-state index contributed by atoms with van der Waals surface area (Å²) in [6.07, 6.45) is 0. The van der Waals surface area contributed by atoms with Gasteiger partial charge in [-0.15, -0.1) is 0 Å². The lowest BCUT2D eigenvalue weighted by molar-refractivity contribution is 0.295. The number of para-hydroxylation sites is 4. The number of hydrogen-bond acceptors (Lipinski definition) is 3. The van der Waals surface area contributed by atoms with Crippen molar-refractivity contribution in [1.82, 2.24) is 24.0 Å². The average Bonchev–Trinajstić information content (AvgIpc) is 3.42. The first kappa shape index (κ1) is 22.3. The van der Waals surface area contributed by atoms with Gasteiger partial charge in [0.25, 0.3) is 0 Å². The lowest BCUT2D eigenvalue weighted by atomic mass is 10.2. The Kier molecular flexibility index (Phi) is 6.06. The van der Waals surface area contributed by atoms with E-state index < -0.39 is 0 Å². The van der Waals surface area contributed by atoms with Crippen LogP contribution in [-0.4, -0.2) is 31.0 Å². The van der Waals surface area contributed by atoms with E-state index in [1.807, 2.05) is 0 Å². The van der Waals surface area contributed by atoms with Crippen LogP contribution in [-0.2, 0) is 26.2 Å². The molecule has 0 aliphatic heterocycles. The summed E-state index contributed by atoms with van der Waals surface area (Å²) in [5, 5.41) is 0. The van der Waals surface area contributed by atoms with Gasteiger partial charge in [0.2, 0.25) is 0 Å². The van der Waals surface area contributed by atoms with E-state index in [0.29, 0.717) is 0 Å². The van der Waals surface area contributed by atoms with E-state index in [1.165, 1.54) is 22.2 Å². The zero-order valence-corrected chi connectivity index (χ0v) is 20.5. The molecular formula is C31H29N5. The van der Waals surface area contributed by atoms with E-state index >= 15 is 0 Å². The first-order valence-electron chi connectivity index (χ1n) is 12.4. The van der Waals surface area contributed by atoms with Gasteiger partial charge in [-0.25, -0.2) is 9.97 Å². The van der Waals surface area contributed by atoms with Crippen molar-refractivity contribution in [3.8, 4) is 0 Å². The van der Waals surface area contributed by atoms with Crippen LogP contribution in [0.4, 0.5) is 0 Å². The second-order valence-electron chi connectivity index (χ2n) is 9.35. The zero-order chi connectivity index (χ0) is 24.3. The van der Waals surface area contributed by atoms with E-state index in [1.54, 1.807) is 0 Å². The quantitative estimate of drug-likeness (QED) is 0.269. The molecule has 0 unspecified atom stereocenters. The Labute approximate surface area is 211 Å². The van der Waals surface area contributed by atoms with Gasteiger partial charge in [-0.05, 0) is 42.4 Å². The fourth-order valence-corrected chi connectivity index (χ4v) is 4.92. The van der Waals surface area contributed by atoms with Gasteiger partial charge in [-0.2, -0.15) is 0 Å². The van der Waals surface area contributed by atoms with Crippen molar-refractivity contribution in [2.45, 2.75) is 26.2 Å². The molecule has 0 radical (unpaired) electrons. The molecule has 178 valence electrons. The van der Waals surface area contributed by atoms with Crippen LogP contribution >= 0.6 is 0 Å². The molecule has 0 N–H and O–H groups in total. The minimum Gasteiger partial charge on any atom is -0.322 e. The summed E-state index contributed by atoms with van der Waals surface area (Å²) < 4.78 is 4.68. The van der Waals surface area contributed by atoms with Crippen LogP contribution in [0.25, 0.3) is 22.1 Å². The molecule has 0 aliphatic rings. The Morgan fingerprint density at radius 1 is 0.528 bits per heavy atom. The molecule has 0 aliphatic carbocycles. The predicted octanol–water partition coefficient (Wildman–Crippen LogP) is 6.11. The number of imidazole rings is 2. The molecular weight excluding hydrogens is 442 g/mol. The monoisotopic (exact) mass is 471 g/mol. The Bertz CT molecular complexity index is 1480. The topological polar surface area (TPSA) is 38.9 Å². The SMILES string of the molecule is CN(Cc1nc2ccccc2n1Cc1ccccc1)Cc1nc2ccccc2n1Cc1ccccc1. The van der Waals surface area contributed by atoms with Gasteiger partial charge in [0.05, 0.1) is 35.2 Å². The number of aromatic nitrogens is 4. The van der Waals surface area contributed by atoms with E-state index in [4.69, 9.17) is 9.97 Å². The zero-order valence-electron chi connectivity index (χ0n) is 20.5. The molecule has 4 aromatic carbocycles. The third-order valence-electron chi connectivity index (χ3n) is 6.66. The van der Waals surface area contributed by atoms with Crippen LogP contribution < -0.4 is 0 Å². The van der Waals surface area contributed by atoms with Crippen LogP contribution in [0.2, 0.25) is 0 Å². The Morgan fingerprint density at radius 2 is 0.917 bits per heavy atom. The van der Waals surface area contributed by atoms with Crippen molar-refractivity contribution in [2.24, 2.45) is 0 Å². The summed E-state index contributed by atoms with van der Waals surface area (Å²) in [4.78, 5) is 12.3. The number of hydrogen-bond donors (Lipinski definition) is 0. The molecule has 0 amide bonds. The maximum atomic E-state index is 5.02. The molecule has 6 aromatic rings. The Balaban J connectivity index is 1.30. The molecule has 2 heterocycles. The number of nitrogens with zero attached hydrogens (tertiary/aromatic N) is 5. The summed E-state index contributed by atoms with van der Waals surface area (Å²) in [6, 6.07) is 38.0. The number of benzene rings is 4. The molecule has 5 nitrogen and oxygen atoms in total. The molecule has 2 aromatic heterocycles. The third kappa shape index (κ3) is 4.53. The largest absolute Gasteiger partial charge is 0.322 e. The molecule has 36 heavy (non-hydrogen) atoms. The smallest absolute Gasteiger partial charge is 0.124 e. The first-order valence-corrected chi connectivity index (χ1v) is 12.4. The van der Waals surface area contributed by atoms with Crippen LogP contribution in [0.3, 0.4) is 0 Å². The van der Waals surface area contributed by atoms with Gasteiger partial charge in [0.15, 0.2) is 0 Å². The molecule has 6 rings (SSSR count). The lowest BCUT2D eigenvalue weighted by Gasteiger charge is -2.18. The Hall–Kier alpha value is -4.22. The van der Waals surface area contributed by atoms with E-state index in [-0.39, 0.29) is 0 Å². The second-order valence-corrected chi connectivity index (χ2v) is 9.35. The lowest BCUT2D eigenvalue weighted by Crippen LogP contribution is -2.22. The molecule has 0 saturated carbocycles. The van der Waals surface area contributed by atoms with Gasteiger partial charge in [0.1, 0.15) is 11.6 Å². The number of rotatable bonds is 8. The molecule has 0 fully saturated rings. The van der Waals surface area contributed by atoms with E-state index in [9.17, 15) is 0 Å². The van der Waals surface area contributed by atoms with Gasteiger partial charge in [-0.3, -0.25) is 4.90 Å². The van der Waals surface area contributed by atoms with Crippen LogP contribution in [0.15, 0.2) is 109 Å². The minimum atomic E-state index is 0.732. The minimum absolute atomic E-state index is 0.732. The van der Waals surface area contributed by atoms with Gasteiger partial charge < -0.3 is 9.13 Å². The van der Waals surface area contributed by atoms with Crippen LogP contribution in [0.1, 0.15) is 22.8 Å². The predicted molar refractivity (Wildman–Crippen MR) is 146 cm³/mol. The first-order chi connectivity index (χ1) is 17.7. The summed E-state index contributed by atoms with van der Waals surface area (Å²) in [7, 11) is 2.15. The van der Waals surface area contributed by atoms with Crippen LogP contribution in [0.5, 0.6) is 0 Å². The van der Waals surface area contributed by atoms with Crippen molar-refractivity contribution in [2.75, 3.05) is 7.05 Å². The van der Waals surface area contributed by atoms with Crippen LogP contribution in [0, 0.1) is 0 Å². The molecule has 0 atom stereocenters. The van der Waals surface area contributed by atoms with E-state index in [2.05, 4.69) is 130 Å². The van der Waals surface area contributed by atoms with Gasteiger partial charge in [0, 0.05) is 13.1 Å². The van der Waals surface area contributed by atoms with E-state index in [0.717, 1.165) is 48.9 Å². The maximum absolute atomic E-state index is 5.02. The Morgan fingerprint density at radius 3 is 1.36 bits per heavy atom. The van der Waals surface area contributed by atoms with Crippen molar-refractivity contribution < 1.29 is 0 Å². The fourth-order valence-electron chi connectivity index (χ4n) is 4.92. The maximum Gasteiger partial charge on any atom is 0.124 e. The number of fused-ring (bicyclic) bond motifs is 2. The summed E-state index contributed by atoms with van der Waals surface area (Å²) in [5.41, 5.74) is 6.95. The van der Waals surface area contributed by atoms with Crippen molar-refractivity contribution in [3.05, 3.63) is 132 Å². The van der Waals surface area contributed by atoms with Gasteiger partial charge >= 0.3 is 0 Å². The highest BCUT2D eigenvalue weighted by Gasteiger charge is 2.16. The normalized spacial score (nSPS) is 11.6. The summed E-state index contributed by atoms with van der Waals surface area (Å²) in [6.45, 7) is 3.07. The fraction of sp³-hybridized carbons (Fsp3) is 0.161.